The van der Waals surface area contributed by atoms with Gasteiger partial charge in [-0.3, -0.25) is 0 Å². The summed E-state index contributed by atoms with van der Waals surface area (Å²) >= 11 is 0. The maximum atomic E-state index is 10.5. The van der Waals surface area contributed by atoms with Crippen LogP contribution in [0.5, 0.6) is 0 Å². The molecular formula is C7H10N3O6-3. The van der Waals surface area contributed by atoms with E-state index >= 15 is 0 Å². The summed E-state index contributed by atoms with van der Waals surface area (Å²) in [7, 11) is 0. The maximum Gasteiger partial charge on any atom is 0.137 e. The van der Waals surface area contributed by atoms with Crippen molar-refractivity contribution in [3.05, 3.63) is 0 Å². The van der Waals surface area contributed by atoms with Crippen LogP contribution < -0.4 is 26.0 Å². The van der Waals surface area contributed by atoms with Gasteiger partial charge < -0.3 is 45.2 Å². The molecule has 9 nitrogen and oxygen atoms in total. The van der Waals surface area contributed by atoms with E-state index in [1.54, 1.807) is 0 Å². The summed E-state index contributed by atoms with van der Waals surface area (Å²) in [5.41, 5.74) is 0. The molecule has 0 saturated carbocycles. The highest BCUT2D eigenvalue weighted by molar-refractivity contribution is 5.64. The van der Waals surface area contributed by atoms with Crippen LogP contribution in [0.15, 0.2) is 0 Å². The molecule has 0 aliphatic heterocycles. The number of hydrogen-bond acceptors (Lipinski definition) is 6. The van der Waals surface area contributed by atoms with E-state index in [0.29, 0.717) is 0 Å². The number of carbonyl (C=O) groups is 3. The number of hydrogen-bond donors (Lipinski definition) is 2. The van der Waals surface area contributed by atoms with Crippen molar-refractivity contribution in [1.82, 2.24) is 15.5 Å². The maximum absolute atomic E-state index is 10.5. The van der Waals surface area contributed by atoms with Crippen LogP contribution >= 0.6 is 0 Å². The molecule has 0 saturated heterocycles. The molecule has 0 atom stereocenters. The van der Waals surface area contributed by atoms with E-state index in [2.05, 4.69) is 0 Å². The van der Waals surface area contributed by atoms with Crippen molar-refractivity contribution in [2.75, 3.05) is 26.2 Å². The summed E-state index contributed by atoms with van der Waals surface area (Å²) in [6.07, 6.45) is -4.57. The van der Waals surface area contributed by atoms with Gasteiger partial charge >= 0.3 is 0 Å². The largest absolute Gasteiger partial charge is 0.530 e. The number of carbonyl (C=O) groups excluding carboxylic acids is 3. The van der Waals surface area contributed by atoms with Crippen molar-refractivity contribution in [2.45, 2.75) is 0 Å². The fraction of sp³-hybridized carbons (Fsp3) is 0.571. The predicted octanol–water partition coefficient (Wildman–Crippen LogP) is -4.50. The quantitative estimate of drug-likeness (QED) is 0.471. The average molecular weight is 232 g/mol. The molecule has 0 rings (SSSR count). The van der Waals surface area contributed by atoms with Crippen molar-refractivity contribution in [3.63, 3.8) is 0 Å². The lowest BCUT2D eigenvalue weighted by molar-refractivity contribution is -0.266. The van der Waals surface area contributed by atoms with Gasteiger partial charge in [-0.15, -0.1) is 0 Å². The second-order valence-electron chi connectivity index (χ2n) is 2.68. The molecule has 0 aliphatic carbocycles. The molecule has 2 N–H and O–H groups in total. The standard InChI is InChI=1S/C7H13N3O6/c11-5(12)8-1-3-10(7(15)16)4-2-9-6(13)14/h8-9H,1-4H2,(H,11,12)(H,13,14)(H,15,16)/p-3. The molecule has 0 heterocycles. The van der Waals surface area contributed by atoms with Gasteiger partial charge in [0.2, 0.25) is 0 Å². The first-order valence-corrected chi connectivity index (χ1v) is 4.29. The Balaban J connectivity index is 3.84. The Morgan fingerprint density at radius 1 is 0.875 bits per heavy atom. The van der Waals surface area contributed by atoms with Gasteiger partial charge in [0.15, 0.2) is 0 Å². The molecule has 0 spiro atoms. The summed E-state index contributed by atoms with van der Waals surface area (Å²) in [6, 6.07) is 0. The van der Waals surface area contributed by atoms with Crippen molar-refractivity contribution in [1.29, 1.82) is 0 Å². The average Bonchev–Trinajstić information content (AvgIpc) is 2.14. The molecule has 16 heavy (non-hydrogen) atoms. The minimum atomic E-state index is -1.53. The van der Waals surface area contributed by atoms with Gasteiger partial charge in [0, 0.05) is 26.2 Å². The second-order valence-corrected chi connectivity index (χ2v) is 2.68. The lowest BCUT2D eigenvalue weighted by Crippen LogP contribution is -2.50. The lowest BCUT2D eigenvalue weighted by atomic mass is 10.5. The molecule has 3 amide bonds. The van der Waals surface area contributed by atoms with Gasteiger partial charge in [0.1, 0.15) is 18.3 Å². The summed E-state index contributed by atoms with van der Waals surface area (Å²) in [5.74, 6) is 0. The third-order valence-electron chi connectivity index (χ3n) is 1.56. The monoisotopic (exact) mass is 232 g/mol. The molecule has 0 bridgehead atoms. The third-order valence-corrected chi connectivity index (χ3v) is 1.56. The first kappa shape index (κ1) is 13.8. The predicted molar refractivity (Wildman–Crippen MR) is 43.8 cm³/mol. The van der Waals surface area contributed by atoms with Gasteiger partial charge in [0.05, 0.1) is 0 Å². The van der Waals surface area contributed by atoms with Gasteiger partial charge in [0.25, 0.3) is 0 Å². The van der Waals surface area contributed by atoms with Crippen LogP contribution in [0.2, 0.25) is 0 Å². The van der Waals surface area contributed by atoms with Crippen LogP contribution in [0.25, 0.3) is 0 Å². The molecule has 0 unspecified atom stereocenters. The Kier molecular flexibility index (Phi) is 6.17. The van der Waals surface area contributed by atoms with Crippen molar-refractivity contribution in [3.8, 4) is 0 Å². The Hall–Kier alpha value is -2.19. The van der Waals surface area contributed by atoms with Crippen LogP contribution in [0.4, 0.5) is 14.4 Å². The molecule has 0 aromatic rings. The van der Waals surface area contributed by atoms with Crippen molar-refractivity contribution < 1.29 is 29.7 Å². The van der Waals surface area contributed by atoms with E-state index in [1.165, 1.54) is 0 Å². The normalized spacial score (nSPS) is 9.25. The summed E-state index contributed by atoms with van der Waals surface area (Å²) in [4.78, 5) is 31.1. The van der Waals surface area contributed by atoms with Crippen LogP contribution in [0.1, 0.15) is 0 Å². The molecule has 0 fully saturated rings. The topological polar surface area (TPSA) is 148 Å². The van der Waals surface area contributed by atoms with E-state index < -0.39 is 18.3 Å². The summed E-state index contributed by atoms with van der Waals surface area (Å²) < 4.78 is 0. The summed E-state index contributed by atoms with van der Waals surface area (Å²) in [5, 5.41) is 34.1. The zero-order valence-corrected chi connectivity index (χ0v) is 8.23. The second kappa shape index (κ2) is 7.15. The third kappa shape index (κ3) is 7.24. The van der Waals surface area contributed by atoms with Gasteiger partial charge in [-0.05, 0) is 0 Å². The first-order valence-electron chi connectivity index (χ1n) is 4.29. The number of nitrogens with one attached hydrogen (secondary N) is 2. The molecule has 0 aliphatic rings. The van der Waals surface area contributed by atoms with Crippen LogP contribution in [0.3, 0.4) is 0 Å². The van der Waals surface area contributed by atoms with Gasteiger partial charge in [-0.1, -0.05) is 0 Å². The van der Waals surface area contributed by atoms with E-state index in [4.69, 9.17) is 0 Å². The highest BCUT2D eigenvalue weighted by atomic mass is 16.4. The molecule has 0 radical (unpaired) electrons. The van der Waals surface area contributed by atoms with Crippen LogP contribution in [0, 0.1) is 0 Å². The zero-order valence-electron chi connectivity index (χ0n) is 8.23. The Morgan fingerprint density at radius 2 is 1.25 bits per heavy atom. The molecule has 92 valence electrons. The SMILES string of the molecule is O=C([O-])NCCN(CCNC(=O)[O-])C(=O)[O-]. The number of rotatable bonds is 6. The molecule has 0 aromatic heterocycles. The van der Waals surface area contributed by atoms with E-state index in [9.17, 15) is 29.7 Å². The minimum absolute atomic E-state index is 0.162. The van der Waals surface area contributed by atoms with Gasteiger partial charge in [-0.25, -0.2) is 0 Å². The highest BCUT2D eigenvalue weighted by Crippen LogP contribution is 1.84. The fourth-order valence-electron chi connectivity index (χ4n) is 0.880. The van der Waals surface area contributed by atoms with E-state index in [1.807, 2.05) is 10.6 Å². The number of amides is 3. The summed E-state index contributed by atoms with van der Waals surface area (Å²) in [6.45, 7) is -0.653. The smallest absolute Gasteiger partial charge is 0.137 e. The fourth-order valence-corrected chi connectivity index (χ4v) is 0.880. The van der Waals surface area contributed by atoms with Crippen molar-refractivity contribution >= 4 is 18.3 Å². The van der Waals surface area contributed by atoms with Gasteiger partial charge in [-0.2, -0.15) is 0 Å². The first-order chi connectivity index (χ1) is 7.43. The number of nitrogens with zero attached hydrogens (tertiary/aromatic N) is 1. The molecule has 9 heteroatoms. The lowest BCUT2D eigenvalue weighted by Gasteiger charge is -2.25. The van der Waals surface area contributed by atoms with E-state index in [0.717, 1.165) is 4.90 Å². The Labute approximate surface area is 90.7 Å². The van der Waals surface area contributed by atoms with Crippen LogP contribution in [-0.4, -0.2) is 49.4 Å². The number of carboxylic acid groups (broad SMARTS) is 3. The van der Waals surface area contributed by atoms with Crippen molar-refractivity contribution in [2.24, 2.45) is 0 Å². The van der Waals surface area contributed by atoms with Crippen LogP contribution in [-0.2, 0) is 0 Å². The molecular weight excluding hydrogens is 222 g/mol. The zero-order chi connectivity index (χ0) is 12.6. The molecule has 0 aromatic carbocycles. The van der Waals surface area contributed by atoms with E-state index in [-0.39, 0.29) is 26.2 Å². The minimum Gasteiger partial charge on any atom is -0.530 e. The Morgan fingerprint density at radius 3 is 1.50 bits per heavy atom. The highest BCUT2D eigenvalue weighted by Gasteiger charge is 2.03. The Bertz CT molecular complexity index is 249.